The summed E-state index contributed by atoms with van der Waals surface area (Å²) in [7, 11) is 0. The molecular formula is C24H18O2. The summed E-state index contributed by atoms with van der Waals surface area (Å²) in [5, 5.41) is 0. The Balaban J connectivity index is 1.48. The van der Waals surface area contributed by atoms with E-state index in [0.717, 1.165) is 28.6 Å². The summed E-state index contributed by atoms with van der Waals surface area (Å²) in [4.78, 5) is 0. The van der Waals surface area contributed by atoms with Gasteiger partial charge in [0.25, 0.3) is 0 Å². The Morgan fingerprint density at radius 3 is 1.46 bits per heavy atom. The maximum atomic E-state index is 5.99. The standard InChI is InChI=1S/C24H18O2/c1-3-8-19(9-4-1)20-10-7-13-24(18-20)26-23-16-14-22(15-17-23)25-21-11-5-2-6-12-21/h1-18H. The molecule has 0 spiro atoms. The van der Waals surface area contributed by atoms with Gasteiger partial charge in [-0.15, -0.1) is 0 Å². The lowest BCUT2D eigenvalue weighted by Gasteiger charge is -2.09. The lowest BCUT2D eigenvalue weighted by atomic mass is 10.1. The van der Waals surface area contributed by atoms with Gasteiger partial charge in [0.15, 0.2) is 0 Å². The predicted octanol–water partition coefficient (Wildman–Crippen LogP) is 6.94. The molecule has 0 aliphatic carbocycles. The quantitative estimate of drug-likeness (QED) is 0.392. The molecule has 4 aromatic rings. The third-order valence-corrected chi connectivity index (χ3v) is 3.98. The van der Waals surface area contributed by atoms with E-state index in [1.54, 1.807) is 0 Å². The molecule has 0 bridgehead atoms. The van der Waals surface area contributed by atoms with E-state index in [0.29, 0.717) is 0 Å². The van der Waals surface area contributed by atoms with Gasteiger partial charge >= 0.3 is 0 Å². The molecule has 0 saturated heterocycles. The molecule has 0 heterocycles. The van der Waals surface area contributed by atoms with Crippen LogP contribution >= 0.6 is 0 Å². The molecule has 2 nitrogen and oxygen atoms in total. The number of benzene rings is 4. The lowest BCUT2D eigenvalue weighted by molar-refractivity contribution is 0.469. The number of hydrogen-bond acceptors (Lipinski definition) is 2. The van der Waals surface area contributed by atoms with Gasteiger partial charge in [-0.2, -0.15) is 0 Å². The fraction of sp³-hybridized carbons (Fsp3) is 0. The van der Waals surface area contributed by atoms with Crippen LogP contribution in [0.4, 0.5) is 0 Å². The Morgan fingerprint density at radius 1 is 0.346 bits per heavy atom. The molecule has 126 valence electrons. The van der Waals surface area contributed by atoms with Crippen LogP contribution in [0.1, 0.15) is 0 Å². The maximum absolute atomic E-state index is 5.99. The predicted molar refractivity (Wildman–Crippen MR) is 105 cm³/mol. The monoisotopic (exact) mass is 338 g/mol. The molecule has 0 aliphatic rings. The van der Waals surface area contributed by atoms with Gasteiger partial charge in [-0.25, -0.2) is 0 Å². The summed E-state index contributed by atoms with van der Waals surface area (Å²) < 4.78 is 11.8. The molecule has 0 amide bonds. The van der Waals surface area contributed by atoms with E-state index in [1.165, 1.54) is 5.56 Å². The first-order valence-corrected chi connectivity index (χ1v) is 8.53. The molecular weight excluding hydrogens is 320 g/mol. The first kappa shape index (κ1) is 16.0. The Labute approximate surface area is 153 Å². The van der Waals surface area contributed by atoms with Gasteiger partial charge in [-0.05, 0) is 59.7 Å². The second-order valence-corrected chi connectivity index (χ2v) is 5.88. The largest absolute Gasteiger partial charge is 0.457 e. The van der Waals surface area contributed by atoms with Crippen molar-refractivity contribution in [3.63, 3.8) is 0 Å². The average molecular weight is 338 g/mol. The minimum Gasteiger partial charge on any atom is -0.457 e. The van der Waals surface area contributed by atoms with Crippen molar-refractivity contribution in [2.45, 2.75) is 0 Å². The highest BCUT2D eigenvalue weighted by molar-refractivity contribution is 5.65. The molecule has 0 aromatic heterocycles. The smallest absolute Gasteiger partial charge is 0.128 e. The molecule has 4 rings (SSSR count). The van der Waals surface area contributed by atoms with E-state index >= 15 is 0 Å². The van der Waals surface area contributed by atoms with Crippen LogP contribution in [0.3, 0.4) is 0 Å². The summed E-state index contributed by atoms with van der Waals surface area (Å²) in [6, 6.07) is 35.7. The van der Waals surface area contributed by atoms with Gasteiger partial charge in [0.2, 0.25) is 0 Å². The third kappa shape index (κ3) is 3.93. The number of hydrogen-bond donors (Lipinski definition) is 0. The molecule has 0 radical (unpaired) electrons. The Hall–Kier alpha value is -3.52. The zero-order valence-electron chi connectivity index (χ0n) is 14.2. The van der Waals surface area contributed by atoms with Crippen molar-refractivity contribution in [1.82, 2.24) is 0 Å². The molecule has 4 aromatic carbocycles. The second-order valence-electron chi connectivity index (χ2n) is 5.88. The maximum Gasteiger partial charge on any atom is 0.128 e. The van der Waals surface area contributed by atoms with Crippen molar-refractivity contribution in [3.05, 3.63) is 109 Å². The van der Waals surface area contributed by atoms with Crippen LogP contribution in [0.25, 0.3) is 11.1 Å². The summed E-state index contributed by atoms with van der Waals surface area (Å²) in [6.45, 7) is 0. The first-order chi connectivity index (χ1) is 12.9. The summed E-state index contributed by atoms with van der Waals surface area (Å²) in [5.41, 5.74) is 2.30. The number of rotatable bonds is 5. The van der Waals surface area contributed by atoms with E-state index in [2.05, 4.69) is 18.2 Å². The van der Waals surface area contributed by atoms with E-state index in [9.17, 15) is 0 Å². The Kier molecular flexibility index (Phi) is 4.66. The minimum absolute atomic E-state index is 0.774. The SMILES string of the molecule is c1ccc(Oc2ccc(Oc3cccc(-c4ccccc4)c3)cc2)cc1. The first-order valence-electron chi connectivity index (χ1n) is 8.53. The summed E-state index contributed by atoms with van der Waals surface area (Å²) in [5.74, 6) is 3.18. The number of para-hydroxylation sites is 1. The topological polar surface area (TPSA) is 18.5 Å². The average Bonchev–Trinajstić information content (AvgIpc) is 2.71. The Bertz CT molecular complexity index is 962. The van der Waals surface area contributed by atoms with Crippen molar-refractivity contribution in [3.8, 4) is 34.1 Å². The molecule has 0 fully saturated rings. The lowest BCUT2D eigenvalue weighted by Crippen LogP contribution is -1.87. The van der Waals surface area contributed by atoms with Gasteiger partial charge in [0, 0.05) is 0 Å². The molecule has 0 aliphatic heterocycles. The highest BCUT2D eigenvalue weighted by Gasteiger charge is 2.02. The van der Waals surface area contributed by atoms with E-state index in [4.69, 9.17) is 9.47 Å². The van der Waals surface area contributed by atoms with Crippen LogP contribution in [0.15, 0.2) is 109 Å². The fourth-order valence-electron chi connectivity index (χ4n) is 2.71. The normalized spacial score (nSPS) is 10.3. The van der Waals surface area contributed by atoms with Crippen molar-refractivity contribution in [2.75, 3.05) is 0 Å². The van der Waals surface area contributed by atoms with Crippen molar-refractivity contribution >= 4 is 0 Å². The van der Waals surface area contributed by atoms with Crippen LogP contribution in [-0.2, 0) is 0 Å². The highest BCUT2D eigenvalue weighted by Crippen LogP contribution is 2.29. The van der Waals surface area contributed by atoms with E-state index < -0.39 is 0 Å². The van der Waals surface area contributed by atoms with Crippen molar-refractivity contribution < 1.29 is 9.47 Å². The number of ether oxygens (including phenoxy) is 2. The van der Waals surface area contributed by atoms with Crippen molar-refractivity contribution in [1.29, 1.82) is 0 Å². The van der Waals surface area contributed by atoms with Crippen LogP contribution < -0.4 is 9.47 Å². The minimum atomic E-state index is 0.774. The molecule has 0 saturated carbocycles. The molecule has 2 heteroatoms. The van der Waals surface area contributed by atoms with Crippen LogP contribution in [-0.4, -0.2) is 0 Å². The summed E-state index contributed by atoms with van der Waals surface area (Å²) in [6.07, 6.45) is 0. The summed E-state index contributed by atoms with van der Waals surface area (Å²) >= 11 is 0. The molecule has 0 unspecified atom stereocenters. The third-order valence-electron chi connectivity index (χ3n) is 3.98. The molecule has 0 N–H and O–H groups in total. The van der Waals surface area contributed by atoms with Gasteiger partial charge in [0.1, 0.15) is 23.0 Å². The van der Waals surface area contributed by atoms with Crippen LogP contribution in [0, 0.1) is 0 Å². The fourth-order valence-corrected chi connectivity index (χ4v) is 2.71. The van der Waals surface area contributed by atoms with Gasteiger partial charge in [0.05, 0.1) is 0 Å². The molecule has 0 atom stereocenters. The highest BCUT2D eigenvalue weighted by atomic mass is 16.5. The van der Waals surface area contributed by atoms with Gasteiger partial charge in [-0.3, -0.25) is 0 Å². The van der Waals surface area contributed by atoms with Gasteiger partial charge in [-0.1, -0.05) is 60.7 Å². The zero-order chi connectivity index (χ0) is 17.6. The molecule has 26 heavy (non-hydrogen) atoms. The van der Waals surface area contributed by atoms with E-state index in [1.807, 2.05) is 91.0 Å². The van der Waals surface area contributed by atoms with E-state index in [-0.39, 0.29) is 0 Å². The van der Waals surface area contributed by atoms with Crippen molar-refractivity contribution in [2.24, 2.45) is 0 Å². The van der Waals surface area contributed by atoms with Gasteiger partial charge < -0.3 is 9.47 Å². The zero-order valence-corrected chi connectivity index (χ0v) is 14.2. The second kappa shape index (κ2) is 7.58. The van der Waals surface area contributed by atoms with Crippen LogP contribution in [0.2, 0.25) is 0 Å². The van der Waals surface area contributed by atoms with Crippen LogP contribution in [0.5, 0.6) is 23.0 Å². The Morgan fingerprint density at radius 2 is 0.808 bits per heavy atom.